The molecule has 0 spiro atoms. The third-order valence-electron chi connectivity index (χ3n) is 6.95. The molecule has 3 aliphatic rings. The lowest BCUT2D eigenvalue weighted by Crippen LogP contribution is -2.54. The molecule has 4 heteroatoms. The molecule has 2 aliphatic heterocycles. The lowest BCUT2D eigenvalue weighted by molar-refractivity contribution is -0.136. The predicted octanol–water partition coefficient (Wildman–Crippen LogP) is 2.66. The normalized spacial score (nSPS) is 30.1. The zero-order chi connectivity index (χ0) is 18.1. The molecule has 1 aromatic carbocycles. The van der Waals surface area contributed by atoms with E-state index in [0.717, 1.165) is 26.2 Å². The van der Waals surface area contributed by atoms with Gasteiger partial charge in [0.1, 0.15) is 0 Å². The topological polar surface area (TPSA) is 26.8 Å². The van der Waals surface area contributed by atoms with Crippen molar-refractivity contribution in [2.24, 2.45) is 11.8 Å². The van der Waals surface area contributed by atoms with Crippen LogP contribution in [0.15, 0.2) is 30.3 Å². The van der Waals surface area contributed by atoms with E-state index in [1.165, 1.54) is 31.2 Å². The molecule has 2 heterocycles. The maximum Gasteiger partial charge on any atom is 0.236 e. The molecule has 3 fully saturated rings. The number of fused-ring (bicyclic) bond motifs is 2. The number of hydrogen-bond donors (Lipinski definition) is 0. The van der Waals surface area contributed by atoms with Crippen LogP contribution in [0.1, 0.15) is 37.2 Å². The smallest absolute Gasteiger partial charge is 0.236 e. The summed E-state index contributed by atoms with van der Waals surface area (Å²) >= 11 is 0. The summed E-state index contributed by atoms with van der Waals surface area (Å²) in [5.74, 6) is 2.37. The summed E-state index contributed by atoms with van der Waals surface area (Å²) in [4.78, 5) is 19.8. The number of nitrogens with zero attached hydrogens (tertiary/aromatic N) is 3. The lowest BCUT2D eigenvalue weighted by atomic mass is 9.89. The van der Waals surface area contributed by atoms with Crippen LogP contribution in [0.3, 0.4) is 0 Å². The van der Waals surface area contributed by atoms with Gasteiger partial charge in [-0.3, -0.25) is 9.69 Å². The van der Waals surface area contributed by atoms with Crippen molar-refractivity contribution in [1.82, 2.24) is 14.7 Å². The van der Waals surface area contributed by atoms with Gasteiger partial charge in [0.25, 0.3) is 0 Å². The highest BCUT2D eigenvalue weighted by Crippen LogP contribution is 2.39. The van der Waals surface area contributed by atoms with Gasteiger partial charge in [-0.1, -0.05) is 30.3 Å². The number of piperidine rings is 2. The van der Waals surface area contributed by atoms with Crippen LogP contribution < -0.4 is 0 Å². The van der Waals surface area contributed by atoms with Crippen LogP contribution in [0.5, 0.6) is 0 Å². The van der Waals surface area contributed by atoms with Crippen LogP contribution in [0.2, 0.25) is 0 Å². The molecule has 0 N–H and O–H groups in total. The number of benzene rings is 1. The third kappa shape index (κ3) is 3.67. The van der Waals surface area contributed by atoms with Crippen LogP contribution in [-0.4, -0.2) is 73.5 Å². The van der Waals surface area contributed by atoms with Crippen molar-refractivity contribution in [3.8, 4) is 0 Å². The van der Waals surface area contributed by atoms with E-state index in [1.807, 2.05) is 0 Å². The van der Waals surface area contributed by atoms with Gasteiger partial charge in [0.2, 0.25) is 5.91 Å². The first-order valence-corrected chi connectivity index (χ1v) is 10.3. The minimum atomic E-state index is 0.359. The SMILES string of the molecule is CN(C)C1[C@@H]2CC[C@H]1CN(C(=O)CN1CCC(c3ccccc3)CC1)C2. The molecule has 4 rings (SSSR count). The second-order valence-corrected chi connectivity index (χ2v) is 8.81. The van der Waals surface area contributed by atoms with Gasteiger partial charge in [-0.15, -0.1) is 0 Å². The molecule has 1 saturated carbocycles. The Morgan fingerprint density at radius 3 is 2.19 bits per heavy atom. The molecule has 4 nitrogen and oxygen atoms in total. The average molecular weight is 356 g/mol. The predicted molar refractivity (Wildman–Crippen MR) is 105 cm³/mol. The quantitative estimate of drug-likeness (QED) is 0.831. The van der Waals surface area contributed by atoms with Gasteiger partial charge in [0, 0.05) is 19.1 Å². The number of rotatable bonds is 4. The van der Waals surface area contributed by atoms with E-state index < -0.39 is 0 Å². The molecular weight excluding hydrogens is 322 g/mol. The van der Waals surface area contributed by atoms with Gasteiger partial charge in [0.15, 0.2) is 0 Å². The molecule has 1 aliphatic carbocycles. The lowest BCUT2D eigenvalue weighted by Gasteiger charge is -2.42. The maximum atomic E-state index is 12.9. The second-order valence-electron chi connectivity index (χ2n) is 8.81. The van der Waals surface area contributed by atoms with Crippen molar-refractivity contribution in [2.75, 3.05) is 46.8 Å². The van der Waals surface area contributed by atoms with Crippen LogP contribution >= 0.6 is 0 Å². The van der Waals surface area contributed by atoms with E-state index in [4.69, 9.17) is 0 Å². The third-order valence-corrected chi connectivity index (χ3v) is 6.95. The highest BCUT2D eigenvalue weighted by Gasteiger charge is 2.44. The van der Waals surface area contributed by atoms with Gasteiger partial charge >= 0.3 is 0 Å². The molecular formula is C22H33N3O. The van der Waals surface area contributed by atoms with E-state index in [2.05, 4.69) is 59.1 Å². The minimum absolute atomic E-state index is 0.359. The molecule has 26 heavy (non-hydrogen) atoms. The van der Waals surface area contributed by atoms with Crippen LogP contribution in [0, 0.1) is 11.8 Å². The first-order chi connectivity index (χ1) is 12.6. The van der Waals surface area contributed by atoms with Crippen LogP contribution in [0.25, 0.3) is 0 Å². The number of hydrogen-bond acceptors (Lipinski definition) is 3. The summed E-state index contributed by atoms with van der Waals surface area (Å²) in [5, 5.41) is 0. The molecule has 0 aromatic heterocycles. The first kappa shape index (κ1) is 18.0. The standard InChI is InChI=1S/C22H33N3O/c1-23(2)22-19-8-9-20(22)15-25(14-19)21(26)16-24-12-10-18(11-13-24)17-6-4-3-5-7-17/h3-7,18-20,22H,8-16H2,1-2H3/t19-,20+,22?. The fourth-order valence-electron chi connectivity index (χ4n) is 5.68. The first-order valence-electron chi connectivity index (χ1n) is 10.3. The zero-order valence-electron chi connectivity index (χ0n) is 16.3. The second kappa shape index (κ2) is 7.69. The Morgan fingerprint density at radius 2 is 1.62 bits per heavy atom. The minimum Gasteiger partial charge on any atom is -0.341 e. The summed E-state index contributed by atoms with van der Waals surface area (Å²) in [7, 11) is 4.40. The number of carbonyl (C=O) groups excluding carboxylic acids is 1. The molecule has 3 atom stereocenters. The van der Waals surface area contributed by atoms with E-state index >= 15 is 0 Å². The fourth-order valence-corrected chi connectivity index (χ4v) is 5.68. The summed E-state index contributed by atoms with van der Waals surface area (Å²) in [6.45, 7) is 4.66. The molecule has 142 valence electrons. The average Bonchev–Trinajstić information content (AvgIpc) is 2.93. The van der Waals surface area contributed by atoms with Gasteiger partial charge in [0.05, 0.1) is 6.54 Å². The number of likely N-dealkylation sites (tertiary alicyclic amines) is 2. The molecule has 2 bridgehead atoms. The van der Waals surface area contributed by atoms with Crippen molar-refractivity contribution in [1.29, 1.82) is 0 Å². The fraction of sp³-hybridized carbons (Fsp3) is 0.682. The zero-order valence-corrected chi connectivity index (χ0v) is 16.3. The van der Waals surface area contributed by atoms with Gasteiger partial charge in [-0.2, -0.15) is 0 Å². The van der Waals surface area contributed by atoms with Gasteiger partial charge in [-0.05, 0) is 76.2 Å². The van der Waals surface area contributed by atoms with Crippen molar-refractivity contribution in [3.63, 3.8) is 0 Å². The Labute approximate surface area is 158 Å². The van der Waals surface area contributed by atoms with Crippen molar-refractivity contribution in [2.45, 2.75) is 37.6 Å². The number of carbonyl (C=O) groups is 1. The Hall–Kier alpha value is -1.39. The van der Waals surface area contributed by atoms with E-state index in [-0.39, 0.29) is 0 Å². The molecule has 1 aromatic rings. The van der Waals surface area contributed by atoms with E-state index in [0.29, 0.717) is 36.2 Å². The highest BCUT2D eigenvalue weighted by atomic mass is 16.2. The molecule has 2 saturated heterocycles. The van der Waals surface area contributed by atoms with Crippen molar-refractivity contribution >= 4 is 5.91 Å². The van der Waals surface area contributed by atoms with Crippen LogP contribution in [0.4, 0.5) is 0 Å². The molecule has 1 unspecified atom stereocenters. The Bertz CT molecular complexity index is 595. The van der Waals surface area contributed by atoms with Crippen LogP contribution in [-0.2, 0) is 4.79 Å². The largest absolute Gasteiger partial charge is 0.341 e. The van der Waals surface area contributed by atoms with Gasteiger partial charge < -0.3 is 9.80 Å². The summed E-state index contributed by atoms with van der Waals surface area (Å²) in [6.07, 6.45) is 4.93. The number of amides is 1. The Morgan fingerprint density at radius 1 is 1.00 bits per heavy atom. The maximum absolute atomic E-state index is 12.9. The highest BCUT2D eigenvalue weighted by molar-refractivity contribution is 5.78. The van der Waals surface area contributed by atoms with E-state index in [9.17, 15) is 4.79 Å². The monoisotopic (exact) mass is 355 g/mol. The van der Waals surface area contributed by atoms with Crippen molar-refractivity contribution < 1.29 is 4.79 Å². The Kier molecular flexibility index (Phi) is 5.32. The molecule has 1 amide bonds. The van der Waals surface area contributed by atoms with E-state index in [1.54, 1.807) is 0 Å². The van der Waals surface area contributed by atoms with Gasteiger partial charge in [-0.25, -0.2) is 0 Å². The summed E-state index contributed by atoms with van der Waals surface area (Å²) in [5.41, 5.74) is 1.46. The molecule has 0 radical (unpaired) electrons. The Balaban J connectivity index is 1.27. The van der Waals surface area contributed by atoms with Crippen molar-refractivity contribution in [3.05, 3.63) is 35.9 Å². The summed E-state index contributed by atoms with van der Waals surface area (Å²) < 4.78 is 0. The summed E-state index contributed by atoms with van der Waals surface area (Å²) in [6, 6.07) is 11.5.